The maximum Gasteiger partial charge on any atom is 0.234 e. The number of pyridine rings is 1. The van der Waals surface area contributed by atoms with E-state index in [2.05, 4.69) is 15.2 Å². The molecule has 0 unspecified atom stereocenters. The zero-order valence-corrected chi connectivity index (χ0v) is 13.0. The van der Waals surface area contributed by atoms with E-state index in [0.717, 1.165) is 38.1 Å². The summed E-state index contributed by atoms with van der Waals surface area (Å²) in [6.45, 7) is 2.24. The lowest BCUT2D eigenvalue weighted by molar-refractivity contribution is -0.123. The fraction of sp³-hybridized carbons (Fsp3) is 0.647. The predicted octanol–water partition coefficient (Wildman–Crippen LogP) is 1.98. The minimum absolute atomic E-state index is 0.163. The van der Waals surface area contributed by atoms with Crippen LogP contribution in [0.1, 0.15) is 38.5 Å². The summed E-state index contributed by atoms with van der Waals surface area (Å²) in [5.74, 6) is 1.02. The molecule has 1 N–H and O–H groups in total. The highest BCUT2D eigenvalue weighted by atomic mass is 16.5. The molecule has 1 aromatic rings. The minimum Gasteiger partial charge on any atom is -0.489 e. The zero-order valence-electron chi connectivity index (χ0n) is 13.0. The molecule has 0 bridgehead atoms. The lowest BCUT2D eigenvalue weighted by atomic mass is 9.95. The molecule has 2 fully saturated rings. The van der Waals surface area contributed by atoms with Gasteiger partial charge in [0, 0.05) is 31.5 Å². The maximum atomic E-state index is 12.1. The van der Waals surface area contributed by atoms with E-state index in [-0.39, 0.29) is 12.0 Å². The van der Waals surface area contributed by atoms with Crippen molar-refractivity contribution in [1.29, 1.82) is 0 Å². The molecular weight excluding hydrogens is 278 g/mol. The molecule has 0 radical (unpaired) electrons. The summed E-state index contributed by atoms with van der Waals surface area (Å²) in [6.07, 6.45) is 10.7. The third-order valence-corrected chi connectivity index (χ3v) is 4.52. The van der Waals surface area contributed by atoms with Gasteiger partial charge in [-0.1, -0.05) is 19.3 Å². The van der Waals surface area contributed by atoms with Gasteiger partial charge < -0.3 is 10.1 Å². The van der Waals surface area contributed by atoms with Crippen LogP contribution >= 0.6 is 0 Å². The first-order valence-electron chi connectivity index (χ1n) is 8.38. The quantitative estimate of drug-likeness (QED) is 0.904. The van der Waals surface area contributed by atoms with Gasteiger partial charge in [-0.25, -0.2) is 0 Å². The van der Waals surface area contributed by atoms with Crippen LogP contribution in [0.25, 0.3) is 0 Å². The number of nitrogens with zero attached hydrogens (tertiary/aromatic N) is 2. The van der Waals surface area contributed by atoms with Crippen LogP contribution < -0.4 is 10.1 Å². The summed E-state index contributed by atoms with van der Waals surface area (Å²) >= 11 is 0. The Kier molecular flexibility index (Phi) is 5.27. The zero-order chi connectivity index (χ0) is 15.2. The lowest BCUT2D eigenvalue weighted by Crippen LogP contribution is -2.42. The number of ether oxygens (including phenoxy) is 1. The molecule has 1 saturated heterocycles. The number of carbonyl (C=O) groups is 1. The third-order valence-electron chi connectivity index (χ3n) is 4.52. The predicted molar refractivity (Wildman–Crippen MR) is 84.7 cm³/mol. The van der Waals surface area contributed by atoms with E-state index in [1.807, 2.05) is 12.1 Å². The topological polar surface area (TPSA) is 54.5 Å². The van der Waals surface area contributed by atoms with Crippen molar-refractivity contribution < 1.29 is 9.53 Å². The first-order valence-corrected chi connectivity index (χ1v) is 8.38. The standard InChI is InChI=1S/C17H25N3O2/c21-17(19-14-4-2-1-3-5-14)13-20-11-8-16(12-20)22-15-6-9-18-10-7-15/h6-7,9-10,14,16H,1-5,8,11-13H2,(H,19,21)/t16-/m1/s1. The molecule has 1 aliphatic heterocycles. The average Bonchev–Trinajstić information content (AvgIpc) is 2.96. The third kappa shape index (κ3) is 4.44. The van der Waals surface area contributed by atoms with Gasteiger partial charge in [0.25, 0.3) is 0 Å². The molecule has 0 aromatic carbocycles. The van der Waals surface area contributed by atoms with Crippen LogP contribution in [0.15, 0.2) is 24.5 Å². The number of rotatable bonds is 5. The second-order valence-corrected chi connectivity index (χ2v) is 6.35. The monoisotopic (exact) mass is 303 g/mol. The minimum atomic E-state index is 0.163. The Hall–Kier alpha value is -1.62. The van der Waals surface area contributed by atoms with Gasteiger partial charge in [0.05, 0.1) is 6.54 Å². The Morgan fingerprint density at radius 3 is 2.77 bits per heavy atom. The maximum absolute atomic E-state index is 12.1. The van der Waals surface area contributed by atoms with E-state index < -0.39 is 0 Å². The number of nitrogens with one attached hydrogen (secondary N) is 1. The van der Waals surface area contributed by atoms with Crippen molar-refractivity contribution in [3.05, 3.63) is 24.5 Å². The first kappa shape index (κ1) is 15.3. The van der Waals surface area contributed by atoms with E-state index in [4.69, 9.17) is 4.74 Å². The summed E-state index contributed by atoms with van der Waals surface area (Å²) in [6, 6.07) is 4.14. The van der Waals surface area contributed by atoms with Crippen molar-refractivity contribution in [2.45, 2.75) is 50.7 Å². The second-order valence-electron chi connectivity index (χ2n) is 6.35. The Morgan fingerprint density at radius 1 is 1.23 bits per heavy atom. The van der Waals surface area contributed by atoms with Crippen LogP contribution in [0.4, 0.5) is 0 Å². The van der Waals surface area contributed by atoms with Crippen molar-refractivity contribution in [2.24, 2.45) is 0 Å². The summed E-state index contributed by atoms with van der Waals surface area (Å²) in [5, 5.41) is 3.18. The highest BCUT2D eigenvalue weighted by molar-refractivity contribution is 5.78. The number of carbonyl (C=O) groups excluding carboxylic acids is 1. The van der Waals surface area contributed by atoms with Crippen molar-refractivity contribution in [1.82, 2.24) is 15.2 Å². The molecule has 1 aromatic heterocycles. The van der Waals surface area contributed by atoms with Gasteiger partial charge in [-0.05, 0) is 31.4 Å². The molecule has 1 atom stereocenters. The average molecular weight is 303 g/mol. The number of hydrogen-bond donors (Lipinski definition) is 1. The fourth-order valence-corrected chi connectivity index (χ4v) is 3.37. The van der Waals surface area contributed by atoms with Gasteiger partial charge in [0.1, 0.15) is 11.9 Å². The SMILES string of the molecule is O=C(CN1CC[C@@H](Oc2ccncc2)C1)NC1CCCCC1. The van der Waals surface area contributed by atoms with Gasteiger partial charge in [-0.3, -0.25) is 14.7 Å². The first-order chi connectivity index (χ1) is 10.8. The fourth-order valence-electron chi connectivity index (χ4n) is 3.37. The number of hydrogen-bond acceptors (Lipinski definition) is 4. The molecule has 2 aliphatic rings. The summed E-state index contributed by atoms with van der Waals surface area (Å²) in [5.41, 5.74) is 0. The highest BCUT2D eigenvalue weighted by Crippen LogP contribution is 2.19. The highest BCUT2D eigenvalue weighted by Gasteiger charge is 2.26. The molecule has 3 rings (SSSR count). The van der Waals surface area contributed by atoms with Crippen LogP contribution in [-0.2, 0) is 4.79 Å². The van der Waals surface area contributed by atoms with Gasteiger partial charge in [0.15, 0.2) is 0 Å². The molecule has 1 amide bonds. The molecule has 1 saturated carbocycles. The van der Waals surface area contributed by atoms with Crippen LogP contribution in [0.2, 0.25) is 0 Å². The normalized spacial score (nSPS) is 23.4. The van der Waals surface area contributed by atoms with Crippen LogP contribution in [-0.4, -0.2) is 47.6 Å². The number of aromatic nitrogens is 1. The Labute approximate surface area is 132 Å². The Balaban J connectivity index is 1.39. The van der Waals surface area contributed by atoms with Gasteiger partial charge >= 0.3 is 0 Å². The van der Waals surface area contributed by atoms with E-state index in [9.17, 15) is 4.79 Å². The Bertz CT molecular complexity index is 474. The van der Waals surface area contributed by atoms with Crippen LogP contribution in [0.5, 0.6) is 5.75 Å². The van der Waals surface area contributed by atoms with Crippen molar-refractivity contribution >= 4 is 5.91 Å². The van der Waals surface area contributed by atoms with Crippen LogP contribution in [0.3, 0.4) is 0 Å². The Morgan fingerprint density at radius 2 is 2.00 bits per heavy atom. The number of amides is 1. The summed E-state index contributed by atoms with van der Waals surface area (Å²) < 4.78 is 5.92. The van der Waals surface area contributed by atoms with Crippen LogP contribution in [0, 0.1) is 0 Å². The summed E-state index contributed by atoms with van der Waals surface area (Å²) in [7, 11) is 0. The molecule has 5 heteroatoms. The van der Waals surface area contributed by atoms with Gasteiger partial charge in [0.2, 0.25) is 5.91 Å². The molecule has 2 heterocycles. The lowest BCUT2D eigenvalue weighted by Gasteiger charge is -2.24. The van der Waals surface area contributed by atoms with Gasteiger partial charge in [-0.2, -0.15) is 0 Å². The van der Waals surface area contributed by atoms with E-state index in [0.29, 0.717) is 12.6 Å². The van der Waals surface area contributed by atoms with Crippen molar-refractivity contribution in [2.75, 3.05) is 19.6 Å². The molecule has 22 heavy (non-hydrogen) atoms. The van der Waals surface area contributed by atoms with Gasteiger partial charge in [-0.15, -0.1) is 0 Å². The number of likely N-dealkylation sites (tertiary alicyclic amines) is 1. The molecular formula is C17H25N3O2. The molecule has 0 spiro atoms. The van der Waals surface area contributed by atoms with Crippen molar-refractivity contribution in [3.63, 3.8) is 0 Å². The molecule has 1 aliphatic carbocycles. The molecule has 120 valence electrons. The largest absolute Gasteiger partial charge is 0.489 e. The van der Waals surface area contributed by atoms with E-state index in [1.54, 1.807) is 12.4 Å². The van der Waals surface area contributed by atoms with Crippen molar-refractivity contribution in [3.8, 4) is 5.75 Å². The smallest absolute Gasteiger partial charge is 0.234 e. The van der Waals surface area contributed by atoms with E-state index >= 15 is 0 Å². The van der Waals surface area contributed by atoms with E-state index in [1.165, 1.54) is 19.3 Å². The molecule has 5 nitrogen and oxygen atoms in total. The second kappa shape index (κ2) is 7.58. The summed E-state index contributed by atoms with van der Waals surface area (Å²) in [4.78, 5) is 18.3.